The first-order chi connectivity index (χ1) is 13.4. The maximum absolute atomic E-state index is 16.9. The Labute approximate surface area is 168 Å². The molecule has 0 aromatic heterocycles. The Morgan fingerprint density at radius 3 is 2.55 bits per heavy atom. The van der Waals surface area contributed by atoms with Crippen molar-refractivity contribution in [2.45, 2.75) is 63.6 Å². The van der Waals surface area contributed by atoms with Crippen LogP contribution in [0.5, 0.6) is 0 Å². The number of carbonyl (C=O) groups is 2. The normalized spacial score (nSPS) is 53.7. The molecule has 160 valence electrons. The molecule has 4 aliphatic carbocycles. The zero-order valence-corrected chi connectivity index (χ0v) is 16.9. The van der Waals surface area contributed by atoms with E-state index in [2.05, 4.69) is 0 Å². The number of halogens is 2. The molecule has 29 heavy (non-hydrogen) atoms. The van der Waals surface area contributed by atoms with Crippen molar-refractivity contribution in [1.82, 2.24) is 0 Å². The van der Waals surface area contributed by atoms with Gasteiger partial charge in [-0.2, -0.15) is 0 Å². The average molecular weight is 410 g/mol. The van der Waals surface area contributed by atoms with Crippen molar-refractivity contribution in [3.8, 4) is 0 Å². The van der Waals surface area contributed by atoms with Gasteiger partial charge in [-0.1, -0.05) is 19.9 Å². The first kappa shape index (κ1) is 20.8. The molecule has 0 spiro atoms. The third-order valence-corrected chi connectivity index (χ3v) is 8.78. The standard InChI is InChI=1S/C22H28F2O5/c1-11-6-13-14-8-16(23)15-7-12(26)4-5-19(15,2)21(14,24)17(27)9-20(13,3)22(11,29)18(28)10-25/h4-5,7,11,13-14,16-17,25,27,29H,6,8-10H2,1-3H3/t11-,13-,14-,16+,17+,19+,20+,21+,22+/m1/s1. The van der Waals surface area contributed by atoms with Gasteiger partial charge >= 0.3 is 0 Å². The minimum atomic E-state index is -2.24. The Bertz CT molecular complexity index is 839. The van der Waals surface area contributed by atoms with Crippen molar-refractivity contribution < 1.29 is 33.7 Å². The van der Waals surface area contributed by atoms with Crippen molar-refractivity contribution >= 4 is 11.6 Å². The molecule has 4 aliphatic rings. The van der Waals surface area contributed by atoms with E-state index in [0.717, 1.165) is 6.08 Å². The molecule has 0 unspecified atom stereocenters. The molecule has 3 saturated carbocycles. The molecule has 5 nitrogen and oxygen atoms in total. The van der Waals surface area contributed by atoms with E-state index in [1.165, 1.54) is 19.1 Å². The summed E-state index contributed by atoms with van der Waals surface area (Å²) in [6, 6.07) is 0. The molecule has 0 amide bonds. The zero-order chi connectivity index (χ0) is 21.6. The van der Waals surface area contributed by atoms with E-state index in [-0.39, 0.29) is 24.8 Å². The smallest absolute Gasteiger partial charge is 0.190 e. The first-order valence-corrected chi connectivity index (χ1v) is 10.2. The number of carbonyl (C=O) groups excluding carboxylic acids is 2. The molecule has 0 saturated heterocycles. The number of hydrogen-bond donors (Lipinski definition) is 3. The van der Waals surface area contributed by atoms with Crippen LogP contribution < -0.4 is 0 Å². The highest BCUT2D eigenvalue weighted by Crippen LogP contribution is 2.70. The van der Waals surface area contributed by atoms with Gasteiger partial charge in [-0.15, -0.1) is 0 Å². The van der Waals surface area contributed by atoms with Crippen LogP contribution in [0.15, 0.2) is 23.8 Å². The van der Waals surface area contributed by atoms with Crippen LogP contribution >= 0.6 is 0 Å². The second-order valence-electron chi connectivity index (χ2n) is 9.84. The quantitative estimate of drug-likeness (QED) is 0.646. The number of Topliss-reactive ketones (excluding diaryl/α,β-unsaturated/α-hetero) is 1. The Balaban J connectivity index is 1.87. The summed E-state index contributed by atoms with van der Waals surface area (Å²) in [5.41, 5.74) is -6.81. The van der Waals surface area contributed by atoms with Crippen molar-refractivity contribution in [2.24, 2.45) is 28.6 Å². The van der Waals surface area contributed by atoms with E-state index < -0.39 is 70.3 Å². The van der Waals surface area contributed by atoms with Crippen molar-refractivity contribution in [3.63, 3.8) is 0 Å². The van der Waals surface area contributed by atoms with Crippen LogP contribution in [0.4, 0.5) is 8.78 Å². The highest BCUT2D eigenvalue weighted by atomic mass is 19.1. The molecule has 0 heterocycles. The van der Waals surface area contributed by atoms with Crippen molar-refractivity contribution in [2.75, 3.05) is 6.61 Å². The predicted octanol–water partition coefficient (Wildman–Crippen LogP) is 1.84. The molecule has 3 N–H and O–H groups in total. The highest BCUT2D eigenvalue weighted by Gasteiger charge is 2.76. The van der Waals surface area contributed by atoms with Gasteiger partial charge in [-0.25, -0.2) is 8.78 Å². The molecule has 0 radical (unpaired) electrons. The SMILES string of the molecule is C[C@@H]1C[C@@H]2[C@H]3C[C@H](F)C4=CC(=O)C=C[C@]4(C)[C@@]3(F)[C@@H](O)C[C@]2(C)[C@@]1(O)C(=O)CO. The van der Waals surface area contributed by atoms with Gasteiger partial charge in [0.15, 0.2) is 17.2 Å². The summed E-state index contributed by atoms with van der Waals surface area (Å²) in [5.74, 6) is -3.24. The molecule has 4 rings (SSSR count). The van der Waals surface area contributed by atoms with E-state index in [0.29, 0.717) is 0 Å². The number of ketones is 2. The minimum Gasteiger partial charge on any atom is -0.390 e. The third kappa shape index (κ3) is 2.19. The summed E-state index contributed by atoms with van der Waals surface area (Å²) in [4.78, 5) is 24.3. The lowest BCUT2D eigenvalue weighted by Gasteiger charge is -2.63. The maximum atomic E-state index is 16.9. The van der Waals surface area contributed by atoms with Gasteiger partial charge in [0.25, 0.3) is 0 Å². The van der Waals surface area contributed by atoms with Gasteiger partial charge < -0.3 is 15.3 Å². The molecule has 0 aromatic rings. The summed E-state index contributed by atoms with van der Waals surface area (Å²) in [5, 5.41) is 31.9. The fourth-order valence-electron chi connectivity index (χ4n) is 7.25. The zero-order valence-electron chi connectivity index (χ0n) is 16.9. The summed E-state index contributed by atoms with van der Waals surface area (Å²) in [6.07, 6.45) is 0.427. The number of hydrogen-bond acceptors (Lipinski definition) is 5. The Kier molecular flexibility index (Phi) is 4.34. The molecule has 0 aliphatic heterocycles. The third-order valence-electron chi connectivity index (χ3n) is 8.78. The number of fused-ring (bicyclic) bond motifs is 5. The topological polar surface area (TPSA) is 94.8 Å². The fraction of sp³-hybridized carbons (Fsp3) is 0.727. The number of alkyl halides is 2. The number of rotatable bonds is 2. The van der Waals surface area contributed by atoms with Crippen LogP contribution in [0.3, 0.4) is 0 Å². The lowest BCUT2D eigenvalue weighted by molar-refractivity contribution is -0.223. The Morgan fingerprint density at radius 1 is 1.28 bits per heavy atom. The largest absolute Gasteiger partial charge is 0.390 e. The number of aliphatic hydroxyl groups is 3. The fourth-order valence-corrected chi connectivity index (χ4v) is 7.25. The first-order valence-electron chi connectivity index (χ1n) is 10.2. The predicted molar refractivity (Wildman–Crippen MR) is 100 cm³/mol. The summed E-state index contributed by atoms with van der Waals surface area (Å²) in [7, 11) is 0. The van der Waals surface area contributed by atoms with Crippen LogP contribution in [-0.4, -0.2) is 57.0 Å². The van der Waals surface area contributed by atoms with Crippen LogP contribution in [0.2, 0.25) is 0 Å². The highest BCUT2D eigenvalue weighted by molar-refractivity contribution is 6.01. The second-order valence-corrected chi connectivity index (χ2v) is 9.84. The van der Waals surface area contributed by atoms with Gasteiger partial charge in [0.2, 0.25) is 0 Å². The van der Waals surface area contributed by atoms with E-state index in [1.807, 2.05) is 0 Å². The van der Waals surface area contributed by atoms with E-state index in [4.69, 9.17) is 0 Å². The number of allylic oxidation sites excluding steroid dienone is 4. The lowest BCUT2D eigenvalue weighted by atomic mass is 9.44. The maximum Gasteiger partial charge on any atom is 0.190 e. The molecular weight excluding hydrogens is 382 g/mol. The van der Waals surface area contributed by atoms with E-state index in [1.54, 1.807) is 13.8 Å². The van der Waals surface area contributed by atoms with Gasteiger partial charge in [-0.05, 0) is 55.7 Å². The van der Waals surface area contributed by atoms with Gasteiger partial charge in [0, 0.05) is 16.7 Å². The Hall–Kier alpha value is -1.44. The molecular formula is C22H28F2O5. The summed E-state index contributed by atoms with van der Waals surface area (Å²) >= 11 is 0. The van der Waals surface area contributed by atoms with Crippen LogP contribution in [-0.2, 0) is 9.59 Å². The average Bonchev–Trinajstić information content (AvgIpc) is 2.86. The summed E-state index contributed by atoms with van der Waals surface area (Å²) in [6.45, 7) is 3.96. The van der Waals surface area contributed by atoms with Crippen molar-refractivity contribution in [1.29, 1.82) is 0 Å². The van der Waals surface area contributed by atoms with Gasteiger partial charge in [0.1, 0.15) is 18.4 Å². The van der Waals surface area contributed by atoms with E-state index in [9.17, 15) is 24.9 Å². The lowest BCUT2D eigenvalue weighted by Crippen LogP contribution is -2.70. The molecule has 3 fully saturated rings. The Morgan fingerprint density at radius 2 is 1.93 bits per heavy atom. The summed E-state index contributed by atoms with van der Waals surface area (Å²) < 4.78 is 32.1. The van der Waals surface area contributed by atoms with Crippen LogP contribution in [0.25, 0.3) is 0 Å². The van der Waals surface area contributed by atoms with Crippen LogP contribution in [0.1, 0.15) is 40.0 Å². The van der Waals surface area contributed by atoms with E-state index >= 15 is 8.78 Å². The van der Waals surface area contributed by atoms with Crippen LogP contribution in [0, 0.1) is 28.6 Å². The minimum absolute atomic E-state index is 0.0409. The molecule has 0 aromatic carbocycles. The molecule has 0 bridgehead atoms. The molecule has 9 atom stereocenters. The van der Waals surface area contributed by atoms with Gasteiger partial charge in [-0.3, -0.25) is 9.59 Å². The van der Waals surface area contributed by atoms with Gasteiger partial charge in [0.05, 0.1) is 6.10 Å². The monoisotopic (exact) mass is 410 g/mol. The number of aliphatic hydroxyl groups excluding tert-OH is 2. The molecule has 7 heteroatoms. The van der Waals surface area contributed by atoms with Crippen molar-refractivity contribution in [3.05, 3.63) is 23.8 Å². The second kappa shape index (κ2) is 6.05.